The maximum Gasteiger partial charge on any atom is 0.311 e. The molecule has 1 N–H and O–H groups in total. The van der Waals surface area contributed by atoms with E-state index in [4.69, 9.17) is 4.84 Å². The zero-order chi connectivity index (χ0) is 16.6. The van der Waals surface area contributed by atoms with E-state index in [9.17, 15) is 19.5 Å². The highest BCUT2D eigenvalue weighted by Crippen LogP contribution is 2.35. The fourth-order valence-corrected chi connectivity index (χ4v) is 2.76. The number of rotatable bonds is 4. The number of aliphatic carboxylic acids is 1. The number of fused-ring (bicyclic) bond motifs is 1. The lowest BCUT2D eigenvalue weighted by Gasteiger charge is -2.32. The SMILES string of the molecule is CC1(CON2C(=O)c3ccccc3C2=O)C=CC=CC1C(=O)O. The van der Waals surface area contributed by atoms with E-state index >= 15 is 0 Å². The standard InChI is InChI=1S/C17H15NO5/c1-17(9-5-4-8-13(17)16(21)22)10-23-18-14(19)11-6-2-3-7-12(11)15(18)20/h2-9,13H,10H2,1H3,(H,21,22). The van der Waals surface area contributed by atoms with E-state index in [0.717, 1.165) is 0 Å². The first-order valence-electron chi connectivity index (χ1n) is 7.13. The third-order valence-electron chi connectivity index (χ3n) is 4.13. The molecule has 0 saturated carbocycles. The van der Waals surface area contributed by atoms with Gasteiger partial charge in [0.2, 0.25) is 0 Å². The van der Waals surface area contributed by atoms with Crippen molar-refractivity contribution in [3.8, 4) is 0 Å². The van der Waals surface area contributed by atoms with Crippen LogP contribution in [0.4, 0.5) is 0 Å². The monoisotopic (exact) mass is 313 g/mol. The van der Waals surface area contributed by atoms with Gasteiger partial charge in [0.25, 0.3) is 11.8 Å². The van der Waals surface area contributed by atoms with Gasteiger partial charge >= 0.3 is 5.97 Å². The molecule has 1 aliphatic heterocycles. The van der Waals surface area contributed by atoms with Gasteiger partial charge in [0.1, 0.15) is 0 Å². The molecule has 0 bridgehead atoms. The number of carbonyl (C=O) groups excluding carboxylic acids is 2. The lowest BCUT2D eigenvalue weighted by atomic mass is 9.75. The Labute approximate surface area is 132 Å². The number of hydrogen-bond donors (Lipinski definition) is 1. The number of carboxylic acid groups (broad SMARTS) is 1. The number of hydrogen-bond acceptors (Lipinski definition) is 4. The molecule has 0 aromatic heterocycles. The van der Waals surface area contributed by atoms with E-state index in [1.54, 1.807) is 55.5 Å². The third kappa shape index (κ3) is 2.47. The van der Waals surface area contributed by atoms with E-state index < -0.39 is 29.1 Å². The summed E-state index contributed by atoms with van der Waals surface area (Å²) < 4.78 is 0. The lowest BCUT2D eigenvalue weighted by Crippen LogP contribution is -2.40. The molecule has 3 rings (SSSR count). The van der Waals surface area contributed by atoms with Crippen LogP contribution >= 0.6 is 0 Å². The number of imide groups is 1. The average Bonchev–Trinajstić information content (AvgIpc) is 2.77. The van der Waals surface area contributed by atoms with Gasteiger partial charge in [-0.1, -0.05) is 43.4 Å². The van der Waals surface area contributed by atoms with Crippen LogP contribution in [0.15, 0.2) is 48.6 Å². The molecule has 1 aromatic rings. The zero-order valence-corrected chi connectivity index (χ0v) is 12.4. The molecule has 0 saturated heterocycles. The van der Waals surface area contributed by atoms with Crippen molar-refractivity contribution in [2.45, 2.75) is 6.92 Å². The summed E-state index contributed by atoms with van der Waals surface area (Å²) >= 11 is 0. The molecule has 2 atom stereocenters. The van der Waals surface area contributed by atoms with Crippen LogP contribution in [0.3, 0.4) is 0 Å². The van der Waals surface area contributed by atoms with Gasteiger partial charge in [-0.25, -0.2) is 0 Å². The molecule has 0 spiro atoms. The Balaban J connectivity index is 1.78. The second kappa shape index (κ2) is 5.48. The second-order valence-electron chi connectivity index (χ2n) is 5.79. The Bertz CT molecular complexity index is 716. The minimum absolute atomic E-state index is 0.101. The smallest absolute Gasteiger partial charge is 0.311 e. The molecule has 0 fully saturated rings. The van der Waals surface area contributed by atoms with E-state index in [0.29, 0.717) is 5.06 Å². The van der Waals surface area contributed by atoms with Gasteiger partial charge in [-0.15, -0.1) is 5.06 Å². The van der Waals surface area contributed by atoms with Crippen molar-refractivity contribution in [3.05, 3.63) is 59.7 Å². The van der Waals surface area contributed by atoms with Gasteiger partial charge in [-0.05, 0) is 12.1 Å². The molecule has 2 aliphatic rings. The van der Waals surface area contributed by atoms with Gasteiger partial charge in [0.15, 0.2) is 0 Å². The predicted octanol–water partition coefficient (Wildman–Crippen LogP) is 2.05. The van der Waals surface area contributed by atoms with Crippen molar-refractivity contribution in [2.24, 2.45) is 11.3 Å². The fourth-order valence-electron chi connectivity index (χ4n) is 2.76. The van der Waals surface area contributed by atoms with Crippen molar-refractivity contribution >= 4 is 17.8 Å². The van der Waals surface area contributed by atoms with Crippen LogP contribution < -0.4 is 0 Å². The number of carbonyl (C=O) groups is 3. The molecule has 23 heavy (non-hydrogen) atoms. The van der Waals surface area contributed by atoms with E-state index in [2.05, 4.69) is 0 Å². The molecule has 2 amide bonds. The summed E-state index contributed by atoms with van der Waals surface area (Å²) in [5.74, 6) is -2.84. The fraction of sp³-hybridized carbons (Fsp3) is 0.235. The summed E-state index contributed by atoms with van der Waals surface area (Å²) in [5.41, 5.74) is -0.274. The Hall–Kier alpha value is -2.73. The van der Waals surface area contributed by atoms with Crippen LogP contribution in [-0.2, 0) is 9.63 Å². The molecule has 6 heteroatoms. The van der Waals surface area contributed by atoms with Crippen LogP contribution in [0.2, 0.25) is 0 Å². The molecule has 1 aliphatic carbocycles. The highest BCUT2D eigenvalue weighted by atomic mass is 16.7. The number of hydroxylamine groups is 2. The molecule has 6 nitrogen and oxygen atoms in total. The molecule has 0 radical (unpaired) electrons. The average molecular weight is 313 g/mol. The van der Waals surface area contributed by atoms with Crippen LogP contribution in [-0.4, -0.2) is 34.6 Å². The highest BCUT2D eigenvalue weighted by Gasteiger charge is 2.41. The maximum absolute atomic E-state index is 12.2. The van der Waals surface area contributed by atoms with Crippen LogP contribution in [0.1, 0.15) is 27.6 Å². The topological polar surface area (TPSA) is 83.9 Å². The van der Waals surface area contributed by atoms with Gasteiger partial charge in [-0.3, -0.25) is 19.2 Å². The summed E-state index contributed by atoms with van der Waals surface area (Å²) in [6.45, 7) is 1.61. The lowest BCUT2D eigenvalue weighted by molar-refractivity contribution is -0.149. The molecule has 1 aromatic carbocycles. The number of amides is 2. The number of allylic oxidation sites excluding steroid dienone is 2. The Morgan fingerprint density at radius 2 is 1.83 bits per heavy atom. The van der Waals surface area contributed by atoms with Crippen molar-refractivity contribution in [1.82, 2.24) is 5.06 Å². The first-order chi connectivity index (χ1) is 10.9. The number of carboxylic acids is 1. The van der Waals surface area contributed by atoms with Crippen molar-refractivity contribution in [3.63, 3.8) is 0 Å². The third-order valence-corrected chi connectivity index (χ3v) is 4.13. The van der Waals surface area contributed by atoms with Crippen LogP contribution in [0.25, 0.3) is 0 Å². The maximum atomic E-state index is 12.2. The summed E-state index contributed by atoms with van der Waals surface area (Å²) in [5, 5.41) is 10.0. The minimum atomic E-state index is -0.987. The first-order valence-corrected chi connectivity index (χ1v) is 7.13. The predicted molar refractivity (Wildman–Crippen MR) is 80.4 cm³/mol. The Kier molecular flexibility index (Phi) is 3.61. The normalized spacial score (nSPS) is 25.8. The zero-order valence-electron chi connectivity index (χ0n) is 12.4. The summed E-state index contributed by atoms with van der Waals surface area (Å²) in [6, 6.07) is 6.46. The van der Waals surface area contributed by atoms with Crippen molar-refractivity contribution in [1.29, 1.82) is 0 Å². The molecule has 118 valence electrons. The van der Waals surface area contributed by atoms with Gasteiger partial charge in [-0.2, -0.15) is 0 Å². The van der Waals surface area contributed by atoms with Gasteiger partial charge < -0.3 is 5.11 Å². The molecular formula is C17H15NO5. The van der Waals surface area contributed by atoms with Gasteiger partial charge in [0, 0.05) is 5.41 Å². The summed E-state index contributed by atoms with van der Waals surface area (Å²) in [7, 11) is 0. The first kappa shape index (κ1) is 15.2. The van der Waals surface area contributed by atoms with E-state index in [1.165, 1.54) is 0 Å². The Morgan fingerprint density at radius 3 is 2.39 bits per heavy atom. The number of nitrogens with zero attached hydrogens (tertiary/aromatic N) is 1. The molecular weight excluding hydrogens is 298 g/mol. The van der Waals surface area contributed by atoms with Gasteiger partial charge in [0.05, 0.1) is 23.7 Å². The van der Waals surface area contributed by atoms with Crippen LogP contribution in [0.5, 0.6) is 0 Å². The number of benzene rings is 1. The largest absolute Gasteiger partial charge is 0.481 e. The highest BCUT2D eigenvalue weighted by molar-refractivity contribution is 6.20. The van der Waals surface area contributed by atoms with Crippen molar-refractivity contribution < 1.29 is 24.3 Å². The summed E-state index contributed by atoms with van der Waals surface area (Å²) in [6.07, 6.45) is 6.66. The summed E-state index contributed by atoms with van der Waals surface area (Å²) in [4.78, 5) is 41.3. The molecule has 1 heterocycles. The minimum Gasteiger partial charge on any atom is -0.481 e. The van der Waals surface area contributed by atoms with E-state index in [1.807, 2.05) is 0 Å². The Morgan fingerprint density at radius 1 is 1.22 bits per heavy atom. The quantitative estimate of drug-likeness (QED) is 0.860. The van der Waals surface area contributed by atoms with Crippen LogP contribution in [0, 0.1) is 11.3 Å². The van der Waals surface area contributed by atoms with Crippen molar-refractivity contribution in [2.75, 3.05) is 6.61 Å². The molecule has 2 unspecified atom stereocenters. The van der Waals surface area contributed by atoms with E-state index in [-0.39, 0.29) is 17.7 Å². The second-order valence-corrected chi connectivity index (χ2v) is 5.79.